The van der Waals surface area contributed by atoms with Crippen LogP contribution in [0.3, 0.4) is 0 Å². The summed E-state index contributed by atoms with van der Waals surface area (Å²) in [5.74, 6) is 0.678. The third-order valence-corrected chi connectivity index (χ3v) is 8.39. The third-order valence-electron chi connectivity index (χ3n) is 5.56. The van der Waals surface area contributed by atoms with Gasteiger partial charge in [0.05, 0.1) is 10.1 Å². The first kappa shape index (κ1) is 22.1. The van der Waals surface area contributed by atoms with Crippen molar-refractivity contribution in [1.29, 1.82) is 0 Å². The van der Waals surface area contributed by atoms with Crippen molar-refractivity contribution < 1.29 is 8.42 Å². The fourth-order valence-electron chi connectivity index (χ4n) is 3.96. The molecular weight excluding hydrogens is 453 g/mol. The van der Waals surface area contributed by atoms with Gasteiger partial charge >= 0.3 is 0 Å². The van der Waals surface area contributed by atoms with Gasteiger partial charge < -0.3 is 4.90 Å². The van der Waals surface area contributed by atoms with E-state index in [4.69, 9.17) is 23.2 Å². The molecule has 0 N–H and O–H groups in total. The van der Waals surface area contributed by atoms with Crippen molar-refractivity contribution in [3.05, 3.63) is 70.0 Å². The molecule has 2 aromatic carbocycles. The molecule has 2 heterocycles. The minimum absolute atomic E-state index is 0.336. The number of aryl methyl sites for hydroxylation is 2. The maximum atomic E-state index is 13.2. The van der Waals surface area contributed by atoms with E-state index in [9.17, 15) is 8.42 Å². The van der Waals surface area contributed by atoms with Crippen molar-refractivity contribution in [2.45, 2.75) is 36.8 Å². The number of benzene rings is 2. The van der Waals surface area contributed by atoms with Crippen LogP contribution in [0.1, 0.15) is 24.2 Å². The fraction of sp³-hybridized carbons (Fsp3) is 0.304. The van der Waals surface area contributed by atoms with Gasteiger partial charge in [-0.05, 0) is 62.6 Å². The Morgan fingerprint density at radius 1 is 0.903 bits per heavy atom. The molecular formula is C23H23Cl2N3O2S. The van der Waals surface area contributed by atoms with Crippen molar-refractivity contribution >= 4 is 39.0 Å². The molecule has 0 bridgehead atoms. The molecule has 0 spiro atoms. The van der Waals surface area contributed by atoms with Gasteiger partial charge in [0.15, 0.2) is 9.84 Å². The van der Waals surface area contributed by atoms with Gasteiger partial charge in [0, 0.05) is 40.1 Å². The lowest BCUT2D eigenvalue weighted by atomic mass is 10.1. The summed E-state index contributed by atoms with van der Waals surface area (Å²) in [4.78, 5) is 11.4. The van der Waals surface area contributed by atoms with Gasteiger partial charge in [0.1, 0.15) is 0 Å². The SMILES string of the molecule is Cc1cc(C)nc(N2CCC(S(=O)(=O)c3ccc(-c4ccc(Cl)cc4Cl)cc3)CC2)n1. The van der Waals surface area contributed by atoms with Gasteiger partial charge in [-0.2, -0.15) is 0 Å². The van der Waals surface area contributed by atoms with Gasteiger partial charge in [-0.25, -0.2) is 18.4 Å². The number of hydrogen-bond donors (Lipinski definition) is 0. The highest BCUT2D eigenvalue weighted by Crippen LogP contribution is 2.32. The standard InChI is InChI=1S/C23H23Cl2N3O2S/c1-15-13-16(2)27-23(26-15)28-11-9-20(10-12-28)31(29,30)19-6-3-17(4-7-19)21-8-5-18(24)14-22(21)25/h3-8,13-14,20H,9-12H2,1-2H3. The van der Waals surface area contributed by atoms with E-state index in [1.54, 1.807) is 36.4 Å². The Hall–Kier alpha value is -2.15. The summed E-state index contributed by atoms with van der Waals surface area (Å²) in [6.45, 7) is 5.11. The topological polar surface area (TPSA) is 63.2 Å². The molecule has 0 aliphatic carbocycles. The lowest BCUT2D eigenvalue weighted by Gasteiger charge is -2.32. The maximum Gasteiger partial charge on any atom is 0.225 e. The third kappa shape index (κ3) is 4.71. The summed E-state index contributed by atoms with van der Waals surface area (Å²) in [6, 6.07) is 14.1. The molecule has 162 valence electrons. The summed E-state index contributed by atoms with van der Waals surface area (Å²) in [6.07, 6.45) is 1.09. The Morgan fingerprint density at radius 2 is 1.52 bits per heavy atom. The second-order valence-electron chi connectivity index (χ2n) is 7.83. The minimum Gasteiger partial charge on any atom is -0.341 e. The minimum atomic E-state index is -3.42. The normalized spacial score (nSPS) is 15.3. The number of hydrogen-bond acceptors (Lipinski definition) is 5. The van der Waals surface area contributed by atoms with Crippen LogP contribution in [0, 0.1) is 13.8 Å². The Balaban J connectivity index is 1.49. The summed E-state index contributed by atoms with van der Waals surface area (Å²) < 4.78 is 26.4. The number of piperidine rings is 1. The van der Waals surface area contributed by atoms with E-state index in [1.807, 2.05) is 26.0 Å². The molecule has 1 aromatic heterocycles. The summed E-state index contributed by atoms with van der Waals surface area (Å²) in [7, 11) is -3.42. The highest BCUT2D eigenvalue weighted by molar-refractivity contribution is 7.92. The number of halogens is 2. The van der Waals surface area contributed by atoms with E-state index in [0.717, 1.165) is 22.5 Å². The van der Waals surface area contributed by atoms with E-state index in [1.165, 1.54) is 0 Å². The number of anilines is 1. The molecule has 1 fully saturated rings. The van der Waals surface area contributed by atoms with Crippen molar-refractivity contribution in [3.8, 4) is 11.1 Å². The quantitative estimate of drug-likeness (QED) is 0.497. The smallest absolute Gasteiger partial charge is 0.225 e. The molecule has 4 rings (SSSR count). The average molecular weight is 476 g/mol. The predicted molar refractivity (Wildman–Crippen MR) is 126 cm³/mol. The molecule has 0 radical (unpaired) electrons. The lowest BCUT2D eigenvalue weighted by Crippen LogP contribution is -2.40. The highest BCUT2D eigenvalue weighted by atomic mass is 35.5. The fourth-order valence-corrected chi connectivity index (χ4v) is 6.20. The first-order valence-electron chi connectivity index (χ1n) is 10.1. The van der Waals surface area contributed by atoms with E-state index < -0.39 is 15.1 Å². The summed E-state index contributed by atoms with van der Waals surface area (Å²) >= 11 is 12.2. The van der Waals surface area contributed by atoms with Crippen molar-refractivity contribution in [3.63, 3.8) is 0 Å². The molecule has 0 unspecified atom stereocenters. The highest BCUT2D eigenvalue weighted by Gasteiger charge is 2.32. The average Bonchev–Trinajstić information content (AvgIpc) is 2.73. The largest absolute Gasteiger partial charge is 0.341 e. The van der Waals surface area contributed by atoms with Crippen molar-refractivity contribution in [2.24, 2.45) is 0 Å². The number of sulfone groups is 1. The van der Waals surface area contributed by atoms with Crippen LogP contribution in [0.25, 0.3) is 11.1 Å². The van der Waals surface area contributed by atoms with Crippen LogP contribution >= 0.6 is 23.2 Å². The molecule has 1 aliphatic heterocycles. The zero-order valence-corrected chi connectivity index (χ0v) is 19.7. The zero-order valence-electron chi connectivity index (χ0n) is 17.3. The number of nitrogens with zero attached hydrogens (tertiary/aromatic N) is 3. The Morgan fingerprint density at radius 3 is 2.10 bits per heavy atom. The van der Waals surface area contributed by atoms with Gasteiger partial charge in [-0.15, -0.1) is 0 Å². The summed E-state index contributed by atoms with van der Waals surface area (Å²) in [5.41, 5.74) is 3.50. The van der Waals surface area contributed by atoms with Gasteiger partial charge in [-0.3, -0.25) is 0 Å². The first-order valence-corrected chi connectivity index (χ1v) is 12.4. The molecule has 0 amide bonds. The second kappa shape index (κ2) is 8.77. The van der Waals surface area contributed by atoms with Crippen LogP contribution in [0.2, 0.25) is 10.0 Å². The molecule has 5 nitrogen and oxygen atoms in total. The van der Waals surface area contributed by atoms with Crippen LogP contribution in [0.15, 0.2) is 53.4 Å². The van der Waals surface area contributed by atoms with E-state index >= 15 is 0 Å². The first-order chi connectivity index (χ1) is 14.7. The van der Waals surface area contributed by atoms with Gasteiger partial charge in [0.25, 0.3) is 0 Å². The van der Waals surface area contributed by atoms with E-state index in [0.29, 0.717) is 46.8 Å². The summed E-state index contributed by atoms with van der Waals surface area (Å²) in [5, 5.41) is 0.675. The number of aromatic nitrogens is 2. The zero-order chi connectivity index (χ0) is 22.2. The van der Waals surface area contributed by atoms with Crippen molar-refractivity contribution in [1.82, 2.24) is 9.97 Å². The van der Waals surface area contributed by atoms with Gasteiger partial charge in [-0.1, -0.05) is 41.4 Å². The van der Waals surface area contributed by atoms with Crippen LogP contribution < -0.4 is 4.90 Å². The molecule has 1 saturated heterocycles. The maximum absolute atomic E-state index is 13.2. The number of rotatable bonds is 4. The predicted octanol–water partition coefficient (Wildman–Crippen LogP) is 5.51. The Bertz CT molecular complexity index is 1190. The van der Waals surface area contributed by atoms with E-state index in [2.05, 4.69) is 14.9 Å². The Kier molecular flexibility index (Phi) is 6.24. The van der Waals surface area contributed by atoms with Crippen LogP contribution in [-0.4, -0.2) is 36.7 Å². The van der Waals surface area contributed by atoms with E-state index in [-0.39, 0.29) is 0 Å². The van der Waals surface area contributed by atoms with Crippen molar-refractivity contribution in [2.75, 3.05) is 18.0 Å². The van der Waals surface area contributed by atoms with Crippen LogP contribution in [0.4, 0.5) is 5.95 Å². The monoisotopic (exact) mass is 475 g/mol. The molecule has 31 heavy (non-hydrogen) atoms. The molecule has 8 heteroatoms. The molecule has 0 atom stereocenters. The van der Waals surface area contributed by atoms with Gasteiger partial charge in [0.2, 0.25) is 5.95 Å². The Labute approximate surface area is 193 Å². The molecule has 0 saturated carbocycles. The lowest BCUT2D eigenvalue weighted by molar-refractivity contribution is 0.525. The molecule has 3 aromatic rings. The van der Waals surface area contributed by atoms with Crippen LogP contribution in [-0.2, 0) is 9.84 Å². The second-order valence-corrected chi connectivity index (χ2v) is 10.9. The molecule has 1 aliphatic rings. The van der Waals surface area contributed by atoms with Crippen LogP contribution in [0.5, 0.6) is 0 Å².